The molecular formula is C78H93N3O12S3. The number of Topliss-reactive ketones (excluding diaryl/α,β-unsaturated/α-hetero) is 3. The summed E-state index contributed by atoms with van der Waals surface area (Å²) in [5.41, 5.74) is 18.6. The summed E-state index contributed by atoms with van der Waals surface area (Å²) in [4.78, 5) is 127. The first-order valence-corrected chi connectivity index (χ1v) is 35.8. The number of hydrogen-bond acceptors (Lipinski definition) is 15. The first-order valence-electron chi connectivity index (χ1n) is 32.6. The van der Waals surface area contributed by atoms with Crippen molar-refractivity contribution in [2.45, 2.75) is 179 Å². The highest BCUT2D eigenvalue weighted by Gasteiger charge is 2.32. The van der Waals surface area contributed by atoms with Gasteiger partial charge in [0.05, 0.1) is 54.6 Å². The van der Waals surface area contributed by atoms with Crippen LogP contribution < -0.4 is 17.1 Å². The zero-order chi connectivity index (χ0) is 70.7. The number of carbonyl (C=O) groups is 6. The van der Waals surface area contributed by atoms with E-state index < -0.39 is 90.2 Å². The van der Waals surface area contributed by atoms with Crippen LogP contribution in [0, 0.1) is 125 Å². The van der Waals surface area contributed by atoms with Crippen LogP contribution in [0.15, 0.2) is 87.2 Å². The number of ketones is 3. The molecule has 96 heavy (non-hydrogen) atoms. The molecule has 0 fully saturated rings. The second-order valence-corrected chi connectivity index (χ2v) is 29.5. The predicted molar refractivity (Wildman–Crippen MR) is 388 cm³/mol. The maximum absolute atomic E-state index is 14.6. The molecule has 0 saturated carbocycles. The fourth-order valence-corrected chi connectivity index (χ4v) is 17.8. The highest BCUT2D eigenvalue weighted by molar-refractivity contribution is 8.00. The van der Waals surface area contributed by atoms with Crippen LogP contribution in [-0.2, 0) is 48.2 Å². The molecule has 0 saturated heterocycles. The summed E-state index contributed by atoms with van der Waals surface area (Å²) in [6, 6.07) is 24.2. The van der Waals surface area contributed by atoms with Crippen LogP contribution in [0.4, 0.5) is 0 Å². The molecule has 1 aromatic heterocycles. The third-order valence-electron chi connectivity index (χ3n) is 17.4. The molecule has 7 rings (SSSR count). The van der Waals surface area contributed by atoms with Crippen molar-refractivity contribution in [3.8, 4) is 0 Å². The molecule has 0 spiro atoms. The minimum atomic E-state index is -1.05. The Morgan fingerprint density at radius 3 is 0.667 bits per heavy atom. The van der Waals surface area contributed by atoms with Crippen LogP contribution >= 0.6 is 35.3 Å². The van der Waals surface area contributed by atoms with Gasteiger partial charge in [-0.25, -0.2) is 28.1 Å². The highest BCUT2D eigenvalue weighted by atomic mass is 32.2. The fraction of sp³-hybridized carbons (Fsp3) is 0.423. The van der Waals surface area contributed by atoms with Crippen molar-refractivity contribution in [2.24, 2.45) is 0 Å². The van der Waals surface area contributed by atoms with Crippen molar-refractivity contribution < 1.29 is 43.0 Å². The van der Waals surface area contributed by atoms with E-state index >= 15 is 0 Å². The van der Waals surface area contributed by atoms with Gasteiger partial charge in [-0.2, -0.15) is 0 Å². The summed E-state index contributed by atoms with van der Waals surface area (Å²) in [5.74, 6) is -1.54. The maximum atomic E-state index is 14.6. The van der Waals surface area contributed by atoms with E-state index in [1.807, 2.05) is 197 Å². The lowest BCUT2D eigenvalue weighted by Crippen LogP contribution is -2.55. The lowest BCUT2D eigenvalue weighted by molar-refractivity contribution is -0.144. The van der Waals surface area contributed by atoms with Gasteiger partial charge >= 0.3 is 35.0 Å². The van der Waals surface area contributed by atoms with E-state index in [4.69, 9.17) is 14.2 Å². The minimum Gasteiger partial charge on any atom is -0.464 e. The van der Waals surface area contributed by atoms with Gasteiger partial charge in [0.2, 0.25) is 0 Å². The Morgan fingerprint density at radius 2 is 0.479 bits per heavy atom. The molecule has 0 N–H and O–H groups in total. The molecule has 0 radical (unpaired) electrons. The molecule has 18 heteroatoms. The Hall–Kier alpha value is -7.80. The molecular weight excluding hydrogens is 1270 g/mol. The van der Waals surface area contributed by atoms with E-state index in [9.17, 15) is 43.2 Å². The number of aryl methyl sites for hydroxylation is 18. The Balaban J connectivity index is 1.07. The lowest BCUT2D eigenvalue weighted by Gasteiger charge is -2.23. The topological polar surface area (TPSA) is 196 Å². The first-order chi connectivity index (χ1) is 45.3. The van der Waals surface area contributed by atoms with Crippen molar-refractivity contribution in [1.82, 2.24) is 13.7 Å². The van der Waals surface area contributed by atoms with Crippen LogP contribution in [0.3, 0.4) is 0 Å². The summed E-state index contributed by atoms with van der Waals surface area (Å²) in [6.07, 6.45) is -0.336. The lowest BCUT2D eigenvalue weighted by atomic mass is 9.89. The average molecular weight is 1360 g/mol. The average Bonchev–Trinajstić information content (AvgIpc) is 0.809. The number of thioether (sulfide) groups is 3. The van der Waals surface area contributed by atoms with Crippen molar-refractivity contribution in [2.75, 3.05) is 37.1 Å². The number of carbonyl (C=O) groups excluding carboxylic acids is 6. The Bertz CT molecular complexity index is 3760. The molecule has 3 atom stereocenters. The monoisotopic (exact) mass is 1360 g/mol. The van der Waals surface area contributed by atoms with Gasteiger partial charge in [0.15, 0.2) is 17.3 Å². The maximum Gasteiger partial charge on any atom is 0.336 e. The molecule has 0 amide bonds. The standard InChI is InChI=1S/C78H93N3O12S3/c1-43-31-49(7)64(50(8)32-43)70(85)73(67-55(13)37-46(4)38-56(67)14)94-28-19-61(82)91-25-22-79-76(88)80(23-26-92-62(83)20-29-95-74(68-57(15)39-47(5)40-58(68)16)71(86)65-51(9)33-44(2)34-52(65)10)78(90)81(77(79)89)24-27-93-63(84)21-30-96-75(69-59(17)41-48(6)42-60(69)18)72(87)66-53(11)35-45(3)36-54(66)12/h31-42,73-75H,19-30H2,1-18H3. The van der Waals surface area contributed by atoms with Crippen molar-refractivity contribution in [3.05, 3.63) is 238 Å². The third-order valence-corrected chi connectivity index (χ3v) is 21.0. The second kappa shape index (κ2) is 33.4. The van der Waals surface area contributed by atoms with Crippen molar-refractivity contribution >= 4 is 70.5 Å². The number of hydrogen-bond donors (Lipinski definition) is 0. The van der Waals surface area contributed by atoms with E-state index in [1.165, 1.54) is 35.3 Å². The van der Waals surface area contributed by atoms with Gasteiger partial charge in [-0.05, 0) is 208 Å². The number of aromatic nitrogens is 3. The zero-order valence-electron chi connectivity index (χ0n) is 59.1. The van der Waals surface area contributed by atoms with E-state index in [-0.39, 0.29) is 53.9 Å². The minimum absolute atomic E-state index is 0.0687. The van der Waals surface area contributed by atoms with E-state index in [1.54, 1.807) is 0 Å². The van der Waals surface area contributed by atoms with Crippen molar-refractivity contribution in [1.29, 1.82) is 0 Å². The van der Waals surface area contributed by atoms with E-state index in [0.717, 1.165) is 131 Å². The predicted octanol–water partition coefficient (Wildman–Crippen LogP) is 14.6. The second-order valence-electron chi connectivity index (χ2n) is 25.8. The quantitative estimate of drug-likeness (QED) is 0.0234. The van der Waals surface area contributed by atoms with Crippen molar-refractivity contribution in [3.63, 3.8) is 0 Å². The van der Waals surface area contributed by atoms with Gasteiger partial charge in [0, 0.05) is 33.9 Å². The molecule has 0 bridgehead atoms. The van der Waals surface area contributed by atoms with E-state index in [0.29, 0.717) is 16.7 Å². The van der Waals surface area contributed by atoms with Gasteiger partial charge in [0.25, 0.3) is 0 Å². The Kier molecular flexibility index (Phi) is 26.3. The number of rotatable bonds is 30. The molecule has 15 nitrogen and oxygen atoms in total. The summed E-state index contributed by atoms with van der Waals surface area (Å²) >= 11 is 4.01. The van der Waals surface area contributed by atoms with Crippen LogP contribution in [0.2, 0.25) is 0 Å². The van der Waals surface area contributed by atoms with Crippen LogP contribution in [0.5, 0.6) is 0 Å². The number of benzene rings is 6. The molecule has 0 aliphatic carbocycles. The zero-order valence-corrected chi connectivity index (χ0v) is 61.6. The number of nitrogens with zero attached hydrogens (tertiary/aromatic N) is 3. The van der Waals surface area contributed by atoms with Gasteiger partial charge in [-0.3, -0.25) is 28.8 Å². The molecule has 6 aromatic carbocycles. The van der Waals surface area contributed by atoms with Gasteiger partial charge in [-0.15, -0.1) is 35.3 Å². The number of esters is 3. The van der Waals surface area contributed by atoms with Crippen LogP contribution in [0.25, 0.3) is 0 Å². The van der Waals surface area contributed by atoms with Crippen LogP contribution in [-0.4, -0.2) is 86.0 Å². The van der Waals surface area contributed by atoms with Crippen LogP contribution in [0.1, 0.15) is 183 Å². The summed E-state index contributed by atoms with van der Waals surface area (Å²) in [5, 5.41) is -1.90. The fourth-order valence-electron chi connectivity index (χ4n) is 13.8. The largest absolute Gasteiger partial charge is 0.464 e. The summed E-state index contributed by atoms with van der Waals surface area (Å²) in [7, 11) is 0. The third kappa shape index (κ3) is 18.4. The SMILES string of the molecule is Cc1cc(C)c(C(=O)C(SCCC(=O)OCCn2c(=O)n(CCOC(=O)CCSC(C(=O)c3c(C)cc(C)cc3C)c3c(C)cc(C)cc3C)c(=O)n(CCOC(=O)CCSC(C(=O)c3c(C)cc(C)cc3C)c3c(C)cc(C)cc3C)c2=O)c2c(C)cc(C)cc2C)c(C)c1. The molecule has 510 valence electrons. The smallest absolute Gasteiger partial charge is 0.336 e. The summed E-state index contributed by atoms with van der Waals surface area (Å²) in [6.45, 7) is 32.6. The van der Waals surface area contributed by atoms with Gasteiger partial charge in [0.1, 0.15) is 19.8 Å². The summed E-state index contributed by atoms with van der Waals surface area (Å²) < 4.78 is 19.1. The highest BCUT2D eigenvalue weighted by Crippen LogP contribution is 2.42. The van der Waals surface area contributed by atoms with Gasteiger partial charge in [-0.1, -0.05) is 106 Å². The van der Waals surface area contributed by atoms with E-state index in [2.05, 4.69) is 0 Å². The number of ether oxygens (including phenoxy) is 3. The Labute approximate surface area is 577 Å². The molecule has 0 aliphatic rings. The molecule has 0 aliphatic heterocycles. The van der Waals surface area contributed by atoms with Gasteiger partial charge < -0.3 is 14.2 Å². The molecule has 3 unspecified atom stereocenters. The Morgan fingerprint density at radius 1 is 0.302 bits per heavy atom. The first kappa shape index (κ1) is 75.6. The molecule has 1 heterocycles. The molecule has 7 aromatic rings. The normalized spacial score (nSPS) is 12.3.